The number of nitrogens with one attached hydrogen (secondary N) is 1. The number of ether oxygens (including phenoxy) is 1. The smallest absolute Gasteiger partial charge is 0.305 e. The van der Waals surface area contributed by atoms with E-state index in [-0.39, 0.29) is 18.5 Å². The molecule has 0 aromatic heterocycles. The van der Waals surface area contributed by atoms with Gasteiger partial charge < -0.3 is 20.3 Å². The van der Waals surface area contributed by atoms with Crippen LogP contribution in [0.4, 0.5) is 0 Å². The third kappa shape index (κ3) is 49.5. The Bertz CT molecular complexity index is 1040. The Morgan fingerprint density at radius 2 is 0.781 bits per heavy atom. The molecular formula is C58H109NO5. The molecule has 0 saturated heterocycles. The Balaban J connectivity index is 3.44. The van der Waals surface area contributed by atoms with E-state index in [0.717, 1.165) is 70.6 Å². The van der Waals surface area contributed by atoms with Gasteiger partial charge in [0, 0.05) is 12.8 Å². The molecule has 0 aromatic carbocycles. The van der Waals surface area contributed by atoms with E-state index in [1.165, 1.54) is 193 Å². The molecule has 0 aliphatic rings. The van der Waals surface area contributed by atoms with E-state index >= 15 is 0 Å². The van der Waals surface area contributed by atoms with Crippen molar-refractivity contribution in [2.75, 3.05) is 13.2 Å². The molecule has 64 heavy (non-hydrogen) atoms. The fourth-order valence-corrected chi connectivity index (χ4v) is 8.57. The zero-order valence-electron chi connectivity index (χ0n) is 42.8. The summed E-state index contributed by atoms with van der Waals surface area (Å²) in [7, 11) is 0. The van der Waals surface area contributed by atoms with Gasteiger partial charge in [0.15, 0.2) is 0 Å². The quantitative estimate of drug-likeness (QED) is 0.0245. The van der Waals surface area contributed by atoms with Gasteiger partial charge in [-0.15, -0.1) is 0 Å². The number of carbonyl (C=O) groups is 2. The standard InChI is InChI=1S/C58H109NO5/c1-3-5-7-9-11-13-14-15-16-17-19-23-26-29-32-36-40-44-48-52-58(63)64-53-49-45-41-37-33-30-27-24-21-18-20-22-25-28-31-35-39-43-47-51-57(62)59-55(54-60)56(61)50-46-42-38-34-12-10-8-6-4-2/h15-16,24,27,30,33,55-56,60-61H,3-14,17-23,25-26,28-29,31-32,34-54H2,1-2H3,(H,59,62)/b16-15-,27-24-,33-30-. The van der Waals surface area contributed by atoms with Gasteiger partial charge in [-0.1, -0.05) is 237 Å². The Hall–Kier alpha value is -1.92. The first-order chi connectivity index (χ1) is 31.5. The van der Waals surface area contributed by atoms with Gasteiger partial charge in [-0.25, -0.2) is 0 Å². The summed E-state index contributed by atoms with van der Waals surface area (Å²) < 4.78 is 5.46. The van der Waals surface area contributed by atoms with Crippen molar-refractivity contribution in [2.24, 2.45) is 0 Å². The van der Waals surface area contributed by atoms with Crippen LogP contribution in [0, 0.1) is 0 Å². The van der Waals surface area contributed by atoms with Crippen LogP contribution in [-0.4, -0.2) is 47.4 Å². The summed E-state index contributed by atoms with van der Waals surface area (Å²) >= 11 is 0. The van der Waals surface area contributed by atoms with Crippen molar-refractivity contribution in [3.05, 3.63) is 36.5 Å². The molecule has 0 rings (SSSR count). The van der Waals surface area contributed by atoms with Crippen molar-refractivity contribution in [1.82, 2.24) is 5.32 Å². The highest BCUT2D eigenvalue weighted by Gasteiger charge is 2.20. The maximum absolute atomic E-state index is 12.4. The second-order valence-corrected chi connectivity index (χ2v) is 19.3. The first-order valence-electron chi connectivity index (χ1n) is 28.3. The molecule has 0 aliphatic heterocycles. The van der Waals surface area contributed by atoms with Gasteiger partial charge in [0.2, 0.25) is 5.91 Å². The lowest BCUT2D eigenvalue weighted by atomic mass is 10.0. The van der Waals surface area contributed by atoms with Gasteiger partial charge in [-0.3, -0.25) is 9.59 Å². The maximum atomic E-state index is 12.4. The highest BCUT2D eigenvalue weighted by atomic mass is 16.5. The van der Waals surface area contributed by atoms with E-state index in [2.05, 4.69) is 55.6 Å². The predicted molar refractivity (Wildman–Crippen MR) is 278 cm³/mol. The zero-order valence-corrected chi connectivity index (χ0v) is 42.8. The monoisotopic (exact) mass is 900 g/mol. The van der Waals surface area contributed by atoms with Gasteiger partial charge in [0.1, 0.15) is 0 Å². The average Bonchev–Trinajstić information content (AvgIpc) is 3.29. The second kappa shape index (κ2) is 53.7. The fourth-order valence-electron chi connectivity index (χ4n) is 8.57. The van der Waals surface area contributed by atoms with Gasteiger partial charge in [0.05, 0.1) is 25.4 Å². The van der Waals surface area contributed by atoms with Gasteiger partial charge >= 0.3 is 5.97 Å². The molecule has 2 unspecified atom stereocenters. The van der Waals surface area contributed by atoms with Crippen LogP contribution in [0.5, 0.6) is 0 Å². The Morgan fingerprint density at radius 1 is 0.438 bits per heavy atom. The SMILES string of the molecule is CCCCCCCC/C=C\CCCCCCCCCCCC(=O)OCCCCC/C=C\C=C/CCCCCCCCCCCCC(=O)NC(CO)C(O)CCCCCCCCCCC. The molecule has 1 amide bonds. The van der Waals surface area contributed by atoms with E-state index in [0.29, 0.717) is 25.9 Å². The Labute approximate surface area is 398 Å². The van der Waals surface area contributed by atoms with Gasteiger partial charge in [0.25, 0.3) is 0 Å². The molecular weight excluding hydrogens is 791 g/mol. The van der Waals surface area contributed by atoms with Gasteiger partial charge in [-0.2, -0.15) is 0 Å². The number of aliphatic hydroxyl groups is 2. The number of esters is 1. The lowest BCUT2D eigenvalue weighted by Crippen LogP contribution is -2.45. The molecule has 376 valence electrons. The van der Waals surface area contributed by atoms with E-state index in [4.69, 9.17) is 4.74 Å². The molecule has 0 heterocycles. The van der Waals surface area contributed by atoms with Crippen LogP contribution in [0.15, 0.2) is 36.5 Å². The maximum Gasteiger partial charge on any atom is 0.305 e. The molecule has 0 spiro atoms. The number of carbonyl (C=O) groups excluding carboxylic acids is 2. The van der Waals surface area contributed by atoms with Crippen LogP contribution in [0.25, 0.3) is 0 Å². The molecule has 0 saturated carbocycles. The van der Waals surface area contributed by atoms with Crippen molar-refractivity contribution in [3.63, 3.8) is 0 Å². The fraction of sp³-hybridized carbons (Fsp3) is 0.862. The summed E-state index contributed by atoms with van der Waals surface area (Å²) in [6.45, 7) is 4.89. The highest BCUT2D eigenvalue weighted by molar-refractivity contribution is 5.76. The predicted octanol–water partition coefficient (Wildman–Crippen LogP) is 17.2. The van der Waals surface area contributed by atoms with Gasteiger partial charge in [-0.05, 0) is 83.5 Å². The first kappa shape index (κ1) is 62.1. The highest BCUT2D eigenvalue weighted by Crippen LogP contribution is 2.16. The van der Waals surface area contributed by atoms with Crippen LogP contribution in [-0.2, 0) is 14.3 Å². The van der Waals surface area contributed by atoms with Crippen LogP contribution in [0.2, 0.25) is 0 Å². The summed E-state index contributed by atoms with van der Waals surface area (Å²) in [5, 5.41) is 23.1. The lowest BCUT2D eigenvalue weighted by Gasteiger charge is -2.22. The van der Waals surface area contributed by atoms with Crippen molar-refractivity contribution in [1.29, 1.82) is 0 Å². The molecule has 0 aromatic rings. The van der Waals surface area contributed by atoms with Crippen molar-refractivity contribution < 1.29 is 24.5 Å². The van der Waals surface area contributed by atoms with Crippen LogP contribution < -0.4 is 5.32 Å². The minimum atomic E-state index is -0.669. The van der Waals surface area contributed by atoms with Crippen molar-refractivity contribution in [3.8, 4) is 0 Å². The third-order valence-electron chi connectivity index (χ3n) is 12.9. The normalized spacial score (nSPS) is 12.9. The summed E-state index contributed by atoms with van der Waals surface area (Å²) in [4.78, 5) is 24.5. The average molecular weight is 901 g/mol. The van der Waals surface area contributed by atoms with E-state index < -0.39 is 12.1 Å². The van der Waals surface area contributed by atoms with Crippen LogP contribution in [0.3, 0.4) is 0 Å². The largest absolute Gasteiger partial charge is 0.466 e. The van der Waals surface area contributed by atoms with Crippen LogP contribution in [0.1, 0.15) is 296 Å². The molecule has 0 bridgehead atoms. The third-order valence-corrected chi connectivity index (χ3v) is 12.9. The van der Waals surface area contributed by atoms with Crippen molar-refractivity contribution >= 4 is 11.9 Å². The second-order valence-electron chi connectivity index (χ2n) is 19.3. The number of amides is 1. The molecule has 3 N–H and O–H groups in total. The molecule has 6 heteroatoms. The minimum Gasteiger partial charge on any atom is -0.466 e. The van der Waals surface area contributed by atoms with E-state index in [1.54, 1.807) is 0 Å². The number of allylic oxidation sites excluding steroid dienone is 6. The summed E-state index contributed by atoms with van der Waals surface area (Å²) in [6.07, 6.45) is 65.7. The number of hydrogen-bond donors (Lipinski definition) is 3. The number of aliphatic hydroxyl groups excluding tert-OH is 2. The number of hydrogen-bond acceptors (Lipinski definition) is 5. The number of unbranched alkanes of at least 4 members (excludes halogenated alkanes) is 36. The molecule has 2 atom stereocenters. The molecule has 0 aliphatic carbocycles. The first-order valence-corrected chi connectivity index (χ1v) is 28.3. The molecule has 6 nitrogen and oxygen atoms in total. The van der Waals surface area contributed by atoms with Crippen LogP contribution >= 0.6 is 0 Å². The van der Waals surface area contributed by atoms with E-state index in [9.17, 15) is 19.8 Å². The zero-order chi connectivity index (χ0) is 46.5. The summed E-state index contributed by atoms with van der Waals surface area (Å²) in [5.74, 6) is -0.0619. The molecule has 0 fully saturated rings. The minimum absolute atomic E-state index is 0.0142. The van der Waals surface area contributed by atoms with E-state index in [1.807, 2.05) is 0 Å². The summed E-state index contributed by atoms with van der Waals surface area (Å²) in [6, 6.07) is -0.547. The Morgan fingerprint density at radius 3 is 1.20 bits per heavy atom. The van der Waals surface area contributed by atoms with Crippen molar-refractivity contribution in [2.45, 2.75) is 309 Å². The molecule has 0 radical (unpaired) electrons. The topological polar surface area (TPSA) is 95.9 Å². The Kier molecular flexibility index (Phi) is 52.1. The summed E-state index contributed by atoms with van der Waals surface area (Å²) in [5.41, 5.74) is 0. The number of rotatable bonds is 52. The lowest BCUT2D eigenvalue weighted by molar-refractivity contribution is -0.143.